The number of azo groups is 1. The van der Waals surface area contributed by atoms with Gasteiger partial charge in [-0.05, 0) is 59.7 Å². The van der Waals surface area contributed by atoms with Crippen molar-refractivity contribution in [3.8, 4) is 5.75 Å². The van der Waals surface area contributed by atoms with Crippen LogP contribution in [0.3, 0.4) is 0 Å². The molecule has 210 valence electrons. The van der Waals surface area contributed by atoms with Crippen LogP contribution >= 0.6 is 11.6 Å². The second-order valence-corrected chi connectivity index (χ2v) is 10.3. The van der Waals surface area contributed by atoms with Crippen LogP contribution in [-0.2, 0) is 0 Å². The number of phenolic OH excluding ortho intramolecular Hbond substituents is 1. The first-order chi connectivity index (χ1) is 20.9. The largest absolute Gasteiger partial charge is 0.505 e. The third-order valence-corrected chi connectivity index (χ3v) is 7.37. The molecule has 43 heavy (non-hydrogen) atoms. The molecule has 0 aliphatic rings. The Morgan fingerprint density at radius 2 is 1.42 bits per heavy atom. The molecular weight excluding hydrogens is 560 g/mol. The van der Waals surface area contributed by atoms with E-state index in [1.165, 1.54) is 0 Å². The van der Waals surface area contributed by atoms with E-state index in [-0.39, 0.29) is 33.8 Å². The first-order valence-corrected chi connectivity index (χ1v) is 13.9. The molecule has 0 fully saturated rings. The fraction of sp³-hybridized carbons (Fsp3) is 0.0286. The quantitative estimate of drug-likeness (QED) is 0.103. The van der Waals surface area contributed by atoms with E-state index in [9.17, 15) is 15.0 Å². The number of nitrogens with zero attached hydrogens (tertiary/aromatic N) is 3. The fourth-order valence-electron chi connectivity index (χ4n) is 4.83. The van der Waals surface area contributed by atoms with Gasteiger partial charge < -0.3 is 15.5 Å². The SMILES string of the molecule is Cc1cc(NC(=O)c2ccccc2)c(Cl)cc1N=Nc1c(O)c(C(O)=Nc2cccc3ccccc23)cc2ccccc12. The van der Waals surface area contributed by atoms with E-state index in [0.717, 1.165) is 16.2 Å². The molecule has 6 aromatic carbocycles. The normalized spacial score (nSPS) is 11.8. The summed E-state index contributed by atoms with van der Waals surface area (Å²) in [6.45, 7) is 1.82. The van der Waals surface area contributed by atoms with Crippen molar-refractivity contribution >= 4 is 67.7 Å². The average Bonchev–Trinajstić information content (AvgIpc) is 3.03. The Morgan fingerprint density at radius 3 is 2.21 bits per heavy atom. The second-order valence-electron chi connectivity index (χ2n) is 9.91. The van der Waals surface area contributed by atoms with Crippen molar-refractivity contribution in [2.45, 2.75) is 6.92 Å². The highest BCUT2D eigenvalue weighted by molar-refractivity contribution is 6.34. The highest BCUT2D eigenvalue weighted by Gasteiger charge is 2.18. The Balaban J connectivity index is 1.37. The summed E-state index contributed by atoms with van der Waals surface area (Å²) in [4.78, 5) is 17.1. The number of carbonyl (C=O) groups excluding carboxylic acids is 1. The standard InChI is InChI=1S/C35H25ClN4O3/c1-21-18-31(38-34(42)23-11-3-2-4-12-23)28(36)20-30(21)39-40-32-26-16-8-6-13-24(26)19-27(33(32)41)35(43)37-29-17-9-14-22-10-5-7-15-25(22)29/h2-20,41H,1H3,(H,37,43)(H,38,42). The summed E-state index contributed by atoms with van der Waals surface area (Å²) in [6.07, 6.45) is 0. The summed E-state index contributed by atoms with van der Waals surface area (Å²) in [5, 5.41) is 37.6. The molecule has 7 nitrogen and oxygen atoms in total. The molecule has 1 amide bonds. The molecule has 0 saturated heterocycles. The molecular formula is C35H25ClN4O3. The van der Waals surface area contributed by atoms with Crippen LogP contribution in [0.1, 0.15) is 21.5 Å². The summed E-state index contributed by atoms with van der Waals surface area (Å²) < 4.78 is 0. The van der Waals surface area contributed by atoms with Crippen molar-refractivity contribution in [2.75, 3.05) is 5.32 Å². The zero-order valence-corrected chi connectivity index (χ0v) is 23.7. The lowest BCUT2D eigenvalue weighted by Gasteiger charge is -2.11. The number of fused-ring (bicyclic) bond motifs is 2. The number of amides is 1. The average molecular weight is 585 g/mol. The van der Waals surface area contributed by atoms with E-state index in [1.807, 2.05) is 73.7 Å². The molecule has 0 bridgehead atoms. The number of hydrogen-bond donors (Lipinski definition) is 3. The minimum atomic E-state index is -0.353. The molecule has 0 radical (unpaired) electrons. The molecule has 0 aliphatic heterocycles. The van der Waals surface area contributed by atoms with E-state index in [2.05, 4.69) is 20.5 Å². The molecule has 0 saturated carbocycles. The van der Waals surface area contributed by atoms with Gasteiger partial charge in [0.2, 0.25) is 5.90 Å². The van der Waals surface area contributed by atoms with Crippen LogP contribution in [0, 0.1) is 6.92 Å². The van der Waals surface area contributed by atoms with E-state index in [4.69, 9.17) is 11.6 Å². The van der Waals surface area contributed by atoms with Gasteiger partial charge in [0.1, 0.15) is 5.69 Å². The van der Waals surface area contributed by atoms with Gasteiger partial charge in [0.25, 0.3) is 5.91 Å². The van der Waals surface area contributed by atoms with Crippen molar-refractivity contribution in [3.63, 3.8) is 0 Å². The van der Waals surface area contributed by atoms with Crippen LogP contribution in [0.2, 0.25) is 5.02 Å². The van der Waals surface area contributed by atoms with Gasteiger partial charge in [0.15, 0.2) is 5.75 Å². The second kappa shape index (κ2) is 11.8. The monoisotopic (exact) mass is 584 g/mol. The van der Waals surface area contributed by atoms with Crippen LogP contribution in [0.15, 0.2) is 130 Å². The van der Waals surface area contributed by atoms with Gasteiger partial charge in [-0.15, -0.1) is 5.11 Å². The number of aliphatic hydroxyl groups excluding tert-OH is 1. The molecule has 0 atom stereocenters. The number of halogens is 1. The van der Waals surface area contributed by atoms with E-state index >= 15 is 0 Å². The number of hydrogen-bond acceptors (Lipinski definition) is 5. The van der Waals surface area contributed by atoms with Crippen LogP contribution in [0.25, 0.3) is 21.5 Å². The van der Waals surface area contributed by atoms with Crippen molar-refractivity contribution in [3.05, 3.63) is 137 Å². The Bertz CT molecular complexity index is 2070. The summed E-state index contributed by atoms with van der Waals surface area (Å²) in [5.74, 6) is -0.900. The molecule has 6 rings (SSSR count). The molecule has 6 aromatic rings. The molecule has 0 aromatic heterocycles. The van der Waals surface area contributed by atoms with Crippen LogP contribution in [0.4, 0.5) is 22.7 Å². The summed E-state index contributed by atoms with van der Waals surface area (Å²) >= 11 is 6.51. The number of aliphatic imine (C=N–C) groups is 1. The van der Waals surface area contributed by atoms with Crippen molar-refractivity contribution in [1.29, 1.82) is 0 Å². The minimum Gasteiger partial charge on any atom is -0.505 e. The Hall–Kier alpha value is -5.53. The minimum absolute atomic E-state index is 0.120. The molecule has 0 heterocycles. The lowest BCUT2D eigenvalue weighted by atomic mass is 10.0. The Kier molecular flexibility index (Phi) is 7.56. The predicted molar refractivity (Wildman–Crippen MR) is 173 cm³/mol. The number of nitrogens with one attached hydrogen (secondary N) is 1. The number of carbonyl (C=O) groups is 1. The maximum Gasteiger partial charge on any atom is 0.255 e. The molecule has 0 spiro atoms. The van der Waals surface area contributed by atoms with Gasteiger partial charge in [0, 0.05) is 16.3 Å². The van der Waals surface area contributed by atoms with Gasteiger partial charge in [-0.1, -0.05) is 90.5 Å². The zero-order chi connectivity index (χ0) is 29.9. The number of anilines is 1. The lowest BCUT2D eigenvalue weighted by molar-refractivity contribution is 0.102. The Morgan fingerprint density at radius 1 is 0.744 bits per heavy atom. The van der Waals surface area contributed by atoms with Gasteiger partial charge in [-0.2, -0.15) is 5.11 Å². The number of aryl methyl sites for hydroxylation is 1. The summed E-state index contributed by atoms with van der Waals surface area (Å²) in [5.41, 5.74) is 2.96. The van der Waals surface area contributed by atoms with E-state index in [1.54, 1.807) is 48.5 Å². The first kappa shape index (κ1) is 27.6. The van der Waals surface area contributed by atoms with Gasteiger partial charge >= 0.3 is 0 Å². The van der Waals surface area contributed by atoms with Crippen molar-refractivity contribution in [1.82, 2.24) is 0 Å². The van der Waals surface area contributed by atoms with E-state index in [0.29, 0.717) is 33.6 Å². The first-order valence-electron chi connectivity index (χ1n) is 13.5. The van der Waals surface area contributed by atoms with Gasteiger partial charge in [-0.25, -0.2) is 4.99 Å². The topological polar surface area (TPSA) is 107 Å². The van der Waals surface area contributed by atoms with Gasteiger partial charge in [-0.3, -0.25) is 4.79 Å². The number of aromatic hydroxyl groups is 1. The van der Waals surface area contributed by atoms with Gasteiger partial charge in [0.05, 0.1) is 27.6 Å². The number of rotatable bonds is 6. The highest BCUT2D eigenvalue weighted by atomic mass is 35.5. The third-order valence-electron chi connectivity index (χ3n) is 7.06. The third kappa shape index (κ3) is 5.66. The van der Waals surface area contributed by atoms with Crippen molar-refractivity contribution < 1.29 is 15.0 Å². The number of phenols is 1. The predicted octanol–water partition coefficient (Wildman–Crippen LogP) is 9.96. The van der Waals surface area contributed by atoms with Crippen LogP contribution in [-0.4, -0.2) is 22.0 Å². The Labute approximate surface area is 252 Å². The zero-order valence-electron chi connectivity index (χ0n) is 23.0. The molecule has 0 unspecified atom stereocenters. The fourth-order valence-corrected chi connectivity index (χ4v) is 5.04. The number of aliphatic hydroxyl groups is 1. The molecule has 8 heteroatoms. The van der Waals surface area contributed by atoms with E-state index < -0.39 is 0 Å². The maximum absolute atomic E-state index is 12.6. The number of benzene rings is 6. The van der Waals surface area contributed by atoms with Crippen LogP contribution in [0.5, 0.6) is 5.75 Å². The van der Waals surface area contributed by atoms with Crippen LogP contribution < -0.4 is 5.32 Å². The maximum atomic E-state index is 12.6. The smallest absolute Gasteiger partial charge is 0.255 e. The molecule has 3 N–H and O–H groups in total. The lowest BCUT2D eigenvalue weighted by Crippen LogP contribution is -2.12. The summed E-state index contributed by atoms with van der Waals surface area (Å²) in [6, 6.07) is 34.5. The van der Waals surface area contributed by atoms with Crippen molar-refractivity contribution in [2.24, 2.45) is 15.2 Å². The highest BCUT2D eigenvalue weighted by Crippen LogP contribution is 2.41. The molecule has 0 aliphatic carbocycles. The summed E-state index contributed by atoms with van der Waals surface area (Å²) in [7, 11) is 0.